The Labute approximate surface area is 99.0 Å². The Bertz CT molecular complexity index is 549. The second kappa shape index (κ2) is 3.91. The molecule has 5 heteroatoms. The predicted molar refractivity (Wildman–Crippen MR) is 62.0 cm³/mol. The first kappa shape index (κ1) is 10.4. The highest BCUT2D eigenvalue weighted by atomic mass is 16.5. The Kier molecular flexibility index (Phi) is 2.39. The molecule has 0 radical (unpaired) electrons. The van der Waals surface area contributed by atoms with Gasteiger partial charge in [0.2, 0.25) is 0 Å². The number of aromatic nitrogens is 3. The van der Waals surface area contributed by atoms with Crippen LogP contribution in [0.3, 0.4) is 0 Å². The van der Waals surface area contributed by atoms with Crippen LogP contribution in [-0.2, 0) is 4.74 Å². The van der Waals surface area contributed by atoms with E-state index in [1.807, 2.05) is 12.4 Å². The lowest BCUT2D eigenvalue weighted by Gasteiger charge is -2.10. The van der Waals surface area contributed by atoms with Gasteiger partial charge in [0.05, 0.1) is 7.11 Å². The number of imidazole rings is 1. The van der Waals surface area contributed by atoms with Crippen molar-refractivity contribution < 1.29 is 9.53 Å². The Morgan fingerprint density at radius 2 is 2.18 bits per heavy atom. The van der Waals surface area contributed by atoms with Gasteiger partial charge in [-0.05, 0) is 12.8 Å². The summed E-state index contributed by atoms with van der Waals surface area (Å²) in [5.41, 5.74) is 1.34. The van der Waals surface area contributed by atoms with E-state index in [-0.39, 0.29) is 5.97 Å². The quantitative estimate of drug-likeness (QED) is 0.746. The number of carbonyl (C=O) groups excluding carboxylic acids is 1. The summed E-state index contributed by atoms with van der Waals surface area (Å²) in [4.78, 5) is 11.4. The molecule has 90 valence electrons. The summed E-state index contributed by atoms with van der Waals surface area (Å²) in [6.07, 6.45) is 8.92. The van der Waals surface area contributed by atoms with Crippen LogP contribution >= 0.6 is 0 Å². The van der Waals surface area contributed by atoms with Gasteiger partial charge in [-0.1, -0.05) is 12.8 Å². The van der Waals surface area contributed by atoms with Crippen molar-refractivity contribution in [2.24, 2.45) is 0 Å². The number of nitrogens with zero attached hydrogens (tertiary/aromatic N) is 3. The Morgan fingerprint density at radius 1 is 1.41 bits per heavy atom. The fraction of sp³-hybridized carbons (Fsp3) is 0.500. The first-order chi connectivity index (χ1) is 8.29. The smallest absolute Gasteiger partial charge is 0.358 e. The average Bonchev–Trinajstić information content (AvgIpc) is 3.02. The lowest BCUT2D eigenvalue weighted by Crippen LogP contribution is -2.03. The molecule has 0 aliphatic heterocycles. The third-order valence-electron chi connectivity index (χ3n) is 3.46. The van der Waals surface area contributed by atoms with Crippen LogP contribution in [0.2, 0.25) is 0 Å². The summed E-state index contributed by atoms with van der Waals surface area (Å²) in [5, 5.41) is 4.20. The van der Waals surface area contributed by atoms with Gasteiger partial charge >= 0.3 is 5.97 Å². The number of esters is 1. The van der Waals surface area contributed by atoms with Gasteiger partial charge in [-0.25, -0.2) is 9.31 Å². The van der Waals surface area contributed by atoms with Gasteiger partial charge in [-0.3, -0.25) is 0 Å². The number of hydrogen-bond acceptors (Lipinski definition) is 3. The molecule has 0 bridgehead atoms. The molecule has 0 spiro atoms. The minimum Gasteiger partial charge on any atom is -0.464 e. The number of carbonyl (C=O) groups is 1. The molecule has 5 nitrogen and oxygen atoms in total. The lowest BCUT2D eigenvalue weighted by molar-refractivity contribution is 0.0593. The number of fused-ring (bicyclic) bond motifs is 1. The molecular weight excluding hydrogens is 218 g/mol. The van der Waals surface area contributed by atoms with Crippen molar-refractivity contribution >= 4 is 11.6 Å². The van der Waals surface area contributed by atoms with Crippen LogP contribution < -0.4 is 0 Å². The van der Waals surface area contributed by atoms with Crippen LogP contribution in [0.25, 0.3) is 5.65 Å². The highest BCUT2D eigenvalue weighted by Gasteiger charge is 2.20. The summed E-state index contributed by atoms with van der Waals surface area (Å²) in [6, 6.07) is 2.35. The Balaban J connectivity index is 2.02. The van der Waals surface area contributed by atoms with Gasteiger partial charge in [0, 0.05) is 24.5 Å². The van der Waals surface area contributed by atoms with E-state index in [4.69, 9.17) is 0 Å². The first-order valence-electron chi connectivity index (χ1n) is 5.94. The molecule has 1 saturated carbocycles. The summed E-state index contributed by atoms with van der Waals surface area (Å²) in [5.74, 6) is -0.383. The molecule has 0 atom stereocenters. The van der Waals surface area contributed by atoms with Crippen LogP contribution in [0.1, 0.15) is 42.2 Å². The highest BCUT2D eigenvalue weighted by Crippen LogP contribution is 2.31. The topological polar surface area (TPSA) is 48.5 Å². The molecule has 1 aliphatic rings. The highest BCUT2D eigenvalue weighted by molar-refractivity contribution is 5.88. The van der Waals surface area contributed by atoms with E-state index >= 15 is 0 Å². The molecular formula is C12H15N3O2. The maximum atomic E-state index is 11.4. The summed E-state index contributed by atoms with van der Waals surface area (Å²) < 4.78 is 8.63. The van der Waals surface area contributed by atoms with Crippen LogP contribution in [0.5, 0.6) is 0 Å². The van der Waals surface area contributed by atoms with Crippen molar-refractivity contribution in [1.82, 2.24) is 14.2 Å². The van der Waals surface area contributed by atoms with E-state index in [0.29, 0.717) is 11.7 Å². The van der Waals surface area contributed by atoms with Crippen molar-refractivity contribution in [1.29, 1.82) is 0 Å². The van der Waals surface area contributed by atoms with Crippen molar-refractivity contribution in [2.45, 2.75) is 31.7 Å². The summed E-state index contributed by atoms with van der Waals surface area (Å²) in [6.45, 7) is 0. The predicted octanol–water partition coefficient (Wildman–Crippen LogP) is 2.04. The Hall–Kier alpha value is -1.78. The molecule has 0 unspecified atom stereocenters. The number of methoxy groups -OCH3 is 1. The average molecular weight is 233 g/mol. The van der Waals surface area contributed by atoms with Crippen molar-refractivity contribution in [3.8, 4) is 0 Å². The lowest BCUT2D eigenvalue weighted by atomic mass is 10.2. The van der Waals surface area contributed by atoms with E-state index < -0.39 is 0 Å². The monoisotopic (exact) mass is 233 g/mol. The second-order valence-corrected chi connectivity index (χ2v) is 4.47. The summed E-state index contributed by atoms with van der Waals surface area (Å²) >= 11 is 0. The minimum atomic E-state index is -0.383. The van der Waals surface area contributed by atoms with Gasteiger partial charge in [0.15, 0.2) is 5.69 Å². The largest absolute Gasteiger partial charge is 0.464 e. The van der Waals surface area contributed by atoms with E-state index in [2.05, 4.69) is 14.4 Å². The van der Waals surface area contributed by atoms with Gasteiger partial charge in [-0.15, -0.1) is 0 Å². The maximum absolute atomic E-state index is 11.4. The fourth-order valence-corrected chi connectivity index (χ4v) is 2.59. The zero-order valence-corrected chi connectivity index (χ0v) is 9.80. The summed E-state index contributed by atoms with van der Waals surface area (Å²) in [7, 11) is 1.37. The molecule has 0 saturated heterocycles. The Morgan fingerprint density at radius 3 is 2.88 bits per heavy atom. The van der Waals surface area contributed by atoms with Crippen molar-refractivity contribution in [3.05, 3.63) is 24.2 Å². The molecule has 3 rings (SSSR count). The zero-order chi connectivity index (χ0) is 11.8. The normalized spacial score (nSPS) is 16.8. The van der Waals surface area contributed by atoms with Crippen LogP contribution in [0, 0.1) is 0 Å². The molecule has 1 aliphatic carbocycles. The second-order valence-electron chi connectivity index (χ2n) is 4.47. The SMILES string of the molecule is COC(=O)c1cc2n(C3CCCC3)ccn2n1. The van der Waals surface area contributed by atoms with Crippen LogP contribution in [0.15, 0.2) is 18.5 Å². The molecule has 2 aromatic rings. The third-order valence-corrected chi connectivity index (χ3v) is 3.46. The van der Waals surface area contributed by atoms with E-state index in [9.17, 15) is 4.79 Å². The molecule has 2 aromatic heterocycles. The third kappa shape index (κ3) is 1.62. The van der Waals surface area contributed by atoms with Gasteiger partial charge in [-0.2, -0.15) is 5.10 Å². The van der Waals surface area contributed by atoms with Gasteiger partial charge in [0.25, 0.3) is 0 Å². The van der Waals surface area contributed by atoms with Crippen LogP contribution in [0.4, 0.5) is 0 Å². The number of ether oxygens (including phenoxy) is 1. The molecule has 17 heavy (non-hydrogen) atoms. The van der Waals surface area contributed by atoms with Crippen LogP contribution in [-0.4, -0.2) is 27.3 Å². The maximum Gasteiger partial charge on any atom is 0.358 e. The van der Waals surface area contributed by atoms with E-state index in [0.717, 1.165) is 5.65 Å². The molecule has 0 amide bonds. The fourth-order valence-electron chi connectivity index (χ4n) is 2.59. The van der Waals surface area contributed by atoms with E-state index in [1.54, 1.807) is 10.6 Å². The minimum absolute atomic E-state index is 0.370. The van der Waals surface area contributed by atoms with Crippen molar-refractivity contribution in [2.75, 3.05) is 7.11 Å². The number of rotatable bonds is 2. The molecule has 0 N–H and O–H groups in total. The van der Waals surface area contributed by atoms with E-state index in [1.165, 1.54) is 32.8 Å². The first-order valence-corrected chi connectivity index (χ1v) is 5.94. The van der Waals surface area contributed by atoms with Gasteiger partial charge < -0.3 is 9.30 Å². The molecule has 0 aromatic carbocycles. The standard InChI is InChI=1S/C12H15N3O2/c1-17-12(16)10-8-11-14(6-7-15(11)13-10)9-4-2-3-5-9/h6-9H,2-5H2,1H3. The molecule has 1 fully saturated rings. The van der Waals surface area contributed by atoms with Crippen molar-refractivity contribution in [3.63, 3.8) is 0 Å². The van der Waals surface area contributed by atoms with Gasteiger partial charge in [0.1, 0.15) is 5.65 Å². The zero-order valence-electron chi connectivity index (χ0n) is 9.80. The number of hydrogen-bond donors (Lipinski definition) is 0. The molecule has 2 heterocycles.